The number of carbonyl (C=O) groups is 2. The molecular formula is C24H37BrO3. The number of hydrogen-bond acceptors (Lipinski definition) is 2. The third-order valence-corrected chi connectivity index (χ3v) is 11.1. The van der Waals surface area contributed by atoms with Crippen LogP contribution in [0.15, 0.2) is 0 Å². The average Bonchev–Trinajstić information content (AvgIpc) is 3.01. The van der Waals surface area contributed by atoms with Crippen LogP contribution in [0.1, 0.15) is 85.0 Å². The second-order valence-corrected chi connectivity index (χ2v) is 12.0. The van der Waals surface area contributed by atoms with E-state index in [2.05, 4.69) is 36.7 Å². The molecule has 4 rings (SSSR count). The Labute approximate surface area is 178 Å². The van der Waals surface area contributed by atoms with Gasteiger partial charge in [0, 0.05) is 12.3 Å². The lowest BCUT2D eigenvalue weighted by Crippen LogP contribution is -2.60. The van der Waals surface area contributed by atoms with Crippen molar-refractivity contribution in [3.63, 3.8) is 0 Å². The van der Waals surface area contributed by atoms with Crippen LogP contribution in [0.4, 0.5) is 0 Å². The minimum Gasteiger partial charge on any atom is -0.481 e. The van der Waals surface area contributed by atoms with Gasteiger partial charge in [-0.3, -0.25) is 9.59 Å². The summed E-state index contributed by atoms with van der Waals surface area (Å²) >= 11 is 3.88. The maximum absolute atomic E-state index is 13.6. The number of carboxylic acid groups (broad SMARTS) is 1. The molecule has 3 nitrogen and oxygen atoms in total. The molecule has 4 aliphatic rings. The molecule has 28 heavy (non-hydrogen) atoms. The maximum atomic E-state index is 13.6. The number of hydrogen-bond donors (Lipinski definition) is 1. The van der Waals surface area contributed by atoms with Crippen LogP contribution in [0, 0.1) is 46.3 Å². The molecule has 0 spiro atoms. The average molecular weight is 453 g/mol. The Hall–Kier alpha value is -0.380. The summed E-state index contributed by atoms with van der Waals surface area (Å²) in [5.74, 6) is 2.61. The van der Waals surface area contributed by atoms with E-state index in [0.29, 0.717) is 40.8 Å². The molecule has 4 fully saturated rings. The Morgan fingerprint density at radius 2 is 1.79 bits per heavy atom. The van der Waals surface area contributed by atoms with Crippen molar-refractivity contribution in [1.29, 1.82) is 0 Å². The van der Waals surface area contributed by atoms with Crippen molar-refractivity contribution < 1.29 is 14.7 Å². The summed E-state index contributed by atoms with van der Waals surface area (Å²) in [6, 6.07) is 0. The molecule has 0 aromatic rings. The number of halogens is 1. The number of carboxylic acids is 1. The number of rotatable bonds is 4. The van der Waals surface area contributed by atoms with E-state index in [1.54, 1.807) is 0 Å². The van der Waals surface area contributed by atoms with Gasteiger partial charge in [0.2, 0.25) is 0 Å². The van der Waals surface area contributed by atoms with E-state index in [9.17, 15) is 9.59 Å². The second-order valence-electron chi connectivity index (χ2n) is 11.0. The Bertz CT molecular complexity index is 648. The number of Topliss-reactive ketones (excluding diaryl/α,β-unsaturated/α-hetero) is 1. The first-order valence-electron chi connectivity index (χ1n) is 11.6. The van der Waals surface area contributed by atoms with Crippen LogP contribution in [0.3, 0.4) is 0 Å². The molecule has 0 radical (unpaired) electrons. The van der Waals surface area contributed by atoms with Gasteiger partial charge in [0.25, 0.3) is 0 Å². The Balaban J connectivity index is 1.60. The van der Waals surface area contributed by atoms with Crippen molar-refractivity contribution in [1.82, 2.24) is 0 Å². The molecule has 0 aromatic heterocycles. The van der Waals surface area contributed by atoms with Gasteiger partial charge in [-0.1, -0.05) is 49.5 Å². The highest BCUT2D eigenvalue weighted by molar-refractivity contribution is 9.10. The van der Waals surface area contributed by atoms with Gasteiger partial charge in [0.05, 0.1) is 4.83 Å². The fourth-order valence-corrected chi connectivity index (χ4v) is 9.69. The summed E-state index contributed by atoms with van der Waals surface area (Å²) < 4.78 is 0. The molecular weight excluding hydrogens is 416 g/mol. The van der Waals surface area contributed by atoms with Crippen LogP contribution in [0.5, 0.6) is 0 Å². The van der Waals surface area contributed by atoms with Gasteiger partial charge in [0.1, 0.15) is 5.78 Å². The van der Waals surface area contributed by atoms with Gasteiger partial charge in [-0.2, -0.15) is 0 Å². The van der Waals surface area contributed by atoms with E-state index in [4.69, 9.17) is 5.11 Å². The number of carbonyl (C=O) groups excluding carboxylic acids is 1. The van der Waals surface area contributed by atoms with Crippen molar-refractivity contribution in [3.05, 3.63) is 0 Å². The monoisotopic (exact) mass is 452 g/mol. The molecule has 158 valence electrons. The van der Waals surface area contributed by atoms with E-state index < -0.39 is 5.97 Å². The summed E-state index contributed by atoms with van der Waals surface area (Å²) in [4.78, 5) is 24.7. The zero-order chi connectivity index (χ0) is 20.3. The largest absolute Gasteiger partial charge is 0.481 e. The van der Waals surface area contributed by atoms with Crippen molar-refractivity contribution >= 4 is 27.7 Å². The smallest absolute Gasteiger partial charge is 0.303 e. The SMILES string of the molecule is C[C@H](CCC(=O)O)[C@H]1CC[C@H]2[C@@H]3C(=O)C(Br)C4CCCC[C@]4(C)[C@H]3CC[C@]12C. The third kappa shape index (κ3) is 3.03. The molecule has 4 aliphatic carbocycles. The van der Waals surface area contributed by atoms with Crippen LogP contribution < -0.4 is 0 Å². The molecule has 0 amide bonds. The molecule has 0 aromatic carbocycles. The predicted molar refractivity (Wildman–Crippen MR) is 114 cm³/mol. The first-order chi connectivity index (χ1) is 13.2. The number of ketones is 1. The van der Waals surface area contributed by atoms with Crippen LogP contribution >= 0.6 is 15.9 Å². The van der Waals surface area contributed by atoms with Crippen molar-refractivity contribution in [2.45, 2.75) is 89.8 Å². The first-order valence-corrected chi connectivity index (χ1v) is 12.5. The van der Waals surface area contributed by atoms with Crippen molar-refractivity contribution in [2.75, 3.05) is 0 Å². The summed E-state index contributed by atoms with van der Waals surface area (Å²) in [5, 5.41) is 9.11. The summed E-state index contributed by atoms with van der Waals surface area (Å²) in [7, 11) is 0. The van der Waals surface area contributed by atoms with Gasteiger partial charge in [-0.05, 0) is 85.4 Å². The number of alkyl halides is 1. The predicted octanol–water partition coefficient (Wildman–Crippen LogP) is 6.09. The quantitative estimate of drug-likeness (QED) is 0.524. The Morgan fingerprint density at radius 3 is 2.50 bits per heavy atom. The highest BCUT2D eigenvalue weighted by Crippen LogP contribution is 2.68. The summed E-state index contributed by atoms with van der Waals surface area (Å²) in [6.07, 6.45) is 10.9. The summed E-state index contributed by atoms with van der Waals surface area (Å²) in [5.41, 5.74) is 0.526. The minimum absolute atomic E-state index is 0.0462. The normalized spacial score (nSPS) is 49.1. The third-order valence-electron chi connectivity index (χ3n) is 9.97. The molecule has 4 heteroatoms. The highest BCUT2D eigenvalue weighted by Gasteiger charge is 2.64. The number of fused-ring (bicyclic) bond motifs is 5. The minimum atomic E-state index is -0.684. The van der Waals surface area contributed by atoms with E-state index >= 15 is 0 Å². The van der Waals surface area contributed by atoms with Gasteiger partial charge < -0.3 is 5.11 Å². The Kier molecular flexibility index (Phi) is 5.51. The first kappa shape index (κ1) is 20.9. The maximum Gasteiger partial charge on any atom is 0.303 e. The molecule has 4 saturated carbocycles. The van der Waals surface area contributed by atoms with Crippen LogP contribution in [-0.2, 0) is 9.59 Å². The zero-order valence-electron chi connectivity index (χ0n) is 17.8. The van der Waals surface area contributed by atoms with E-state index in [-0.39, 0.29) is 22.6 Å². The van der Waals surface area contributed by atoms with E-state index in [1.807, 2.05) is 0 Å². The highest BCUT2D eigenvalue weighted by atomic mass is 79.9. The fraction of sp³-hybridized carbons (Fsp3) is 0.917. The van der Waals surface area contributed by atoms with Gasteiger partial charge >= 0.3 is 5.97 Å². The fourth-order valence-electron chi connectivity index (χ4n) is 8.51. The molecule has 9 atom stereocenters. The van der Waals surface area contributed by atoms with Crippen LogP contribution in [-0.4, -0.2) is 21.7 Å². The molecule has 0 bridgehead atoms. The Morgan fingerprint density at radius 1 is 1.07 bits per heavy atom. The van der Waals surface area contributed by atoms with Crippen molar-refractivity contribution in [3.8, 4) is 0 Å². The van der Waals surface area contributed by atoms with Gasteiger partial charge in [-0.15, -0.1) is 0 Å². The van der Waals surface area contributed by atoms with Gasteiger partial charge in [-0.25, -0.2) is 0 Å². The van der Waals surface area contributed by atoms with Crippen molar-refractivity contribution in [2.24, 2.45) is 46.3 Å². The second kappa shape index (κ2) is 7.39. The lowest BCUT2D eigenvalue weighted by molar-refractivity contribution is -0.154. The molecule has 1 N–H and O–H groups in total. The van der Waals surface area contributed by atoms with E-state index in [0.717, 1.165) is 12.8 Å². The number of aliphatic carboxylic acids is 1. The summed E-state index contributed by atoms with van der Waals surface area (Å²) in [6.45, 7) is 7.19. The van der Waals surface area contributed by atoms with E-state index in [1.165, 1.54) is 44.9 Å². The molecule has 2 unspecified atom stereocenters. The standard InChI is InChI=1S/C24H37BrO3/c1-14(7-10-19(26)27)15-8-9-16-20-17(11-13-24(15,16)3)23(2)12-5-4-6-18(23)21(25)22(20)28/h14-18,20-21H,4-13H2,1-3H3,(H,26,27)/t14-,15-,16+,17+,18?,20+,21?,23-,24-/m1/s1. The molecule has 0 saturated heterocycles. The lowest BCUT2D eigenvalue weighted by Gasteiger charge is -2.61. The van der Waals surface area contributed by atoms with Crippen LogP contribution in [0.25, 0.3) is 0 Å². The van der Waals surface area contributed by atoms with Crippen LogP contribution in [0.2, 0.25) is 0 Å². The lowest BCUT2D eigenvalue weighted by atomic mass is 9.44. The van der Waals surface area contributed by atoms with Gasteiger partial charge in [0.15, 0.2) is 0 Å². The molecule has 0 heterocycles. The zero-order valence-corrected chi connectivity index (χ0v) is 19.3. The topological polar surface area (TPSA) is 54.4 Å². The molecule has 0 aliphatic heterocycles.